The lowest BCUT2D eigenvalue weighted by molar-refractivity contribution is 0.810. The Morgan fingerprint density at radius 2 is 2.18 bits per heavy atom. The molecule has 11 heavy (non-hydrogen) atoms. The summed E-state index contributed by atoms with van der Waals surface area (Å²) in [6.45, 7) is 3.70. The molecule has 0 amide bonds. The lowest BCUT2D eigenvalue weighted by Gasteiger charge is -2.04. The summed E-state index contributed by atoms with van der Waals surface area (Å²) in [6.07, 6.45) is 0. The highest BCUT2D eigenvalue weighted by molar-refractivity contribution is 5.18. The summed E-state index contributed by atoms with van der Waals surface area (Å²) in [5, 5.41) is 0. The summed E-state index contributed by atoms with van der Waals surface area (Å²) in [5.74, 6) is 0. The van der Waals surface area contributed by atoms with E-state index in [9.17, 15) is 4.79 Å². The minimum Gasteiger partial charge on any atom is -0.326 e. The number of pyridine rings is 1. The third kappa shape index (κ3) is 1.91. The van der Waals surface area contributed by atoms with Crippen molar-refractivity contribution in [3.05, 3.63) is 33.7 Å². The molecule has 0 aliphatic heterocycles. The third-order valence-corrected chi connectivity index (χ3v) is 1.53. The van der Waals surface area contributed by atoms with Gasteiger partial charge in [0.2, 0.25) is 5.56 Å². The zero-order valence-corrected chi connectivity index (χ0v) is 6.72. The van der Waals surface area contributed by atoms with Gasteiger partial charge >= 0.3 is 0 Å². The predicted octanol–water partition coefficient (Wildman–Crippen LogP) is 0.703. The summed E-state index contributed by atoms with van der Waals surface area (Å²) in [4.78, 5) is 13.6. The minimum atomic E-state index is -0.0858. The van der Waals surface area contributed by atoms with Crippen molar-refractivity contribution in [2.75, 3.05) is 0 Å². The highest BCUT2D eigenvalue weighted by Gasteiger charge is 1.99. The standard InChI is InChI=1S/C8H12N2O/c1-5-3-7(6(2)9)4-8(11)10-5/h3-4,6H,9H2,1-2H3,(H,10,11). The Bertz CT molecular complexity index is 301. The largest absolute Gasteiger partial charge is 0.326 e. The molecule has 0 aromatic carbocycles. The van der Waals surface area contributed by atoms with Crippen LogP contribution in [0, 0.1) is 6.92 Å². The van der Waals surface area contributed by atoms with Crippen LogP contribution in [0.1, 0.15) is 24.2 Å². The molecule has 0 aliphatic carbocycles. The molecule has 0 saturated carbocycles. The van der Waals surface area contributed by atoms with Gasteiger partial charge in [0, 0.05) is 17.8 Å². The molecule has 3 N–H and O–H groups in total. The van der Waals surface area contributed by atoms with E-state index in [-0.39, 0.29) is 11.6 Å². The van der Waals surface area contributed by atoms with Gasteiger partial charge in [0.05, 0.1) is 0 Å². The number of hydrogen-bond acceptors (Lipinski definition) is 2. The lowest BCUT2D eigenvalue weighted by Crippen LogP contribution is -2.12. The monoisotopic (exact) mass is 152 g/mol. The smallest absolute Gasteiger partial charge is 0.248 e. The number of nitrogens with one attached hydrogen (secondary N) is 1. The van der Waals surface area contributed by atoms with E-state index < -0.39 is 0 Å². The molecule has 0 fully saturated rings. The van der Waals surface area contributed by atoms with E-state index in [0.29, 0.717) is 0 Å². The Morgan fingerprint density at radius 1 is 1.55 bits per heavy atom. The van der Waals surface area contributed by atoms with Crippen LogP contribution in [0.2, 0.25) is 0 Å². The van der Waals surface area contributed by atoms with Crippen molar-refractivity contribution in [2.45, 2.75) is 19.9 Å². The Kier molecular flexibility index (Phi) is 2.10. The number of aromatic amines is 1. The molecule has 60 valence electrons. The van der Waals surface area contributed by atoms with Gasteiger partial charge in [-0.15, -0.1) is 0 Å². The van der Waals surface area contributed by atoms with Crippen molar-refractivity contribution in [1.29, 1.82) is 0 Å². The quantitative estimate of drug-likeness (QED) is 0.622. The molecule has 0 aliphatic rings. The van der Waals surface area contributed by atoms with E-state index in [4.69, 9.17) is 5.73 Å². The molecule has 3 heteroatoms. The predicted molar refractivity (Wildman–Crippen MR) is 44.4 cm³/mol. The summed E-state index contributed by atoms with van der Waals surface area (Å²) < 4.78 is 0. The molecular formula is C8H12N2O. The minimum absolute atomic E-state index is 0.0731. The topological polar surface area (TPSA) is 58.9 Å². The van der Waals surface area contributed by atoms with Crippen LogP contribution in [0.3, 0.4) is 0 Å². The molecule has 0 spiro atoms. The molecule has 1 rings (SSSR count). The molecule has 1 atom stereocenters. The molecular weight excluding hydrogens is 140 g/mol. The first kappa shape index (κ1) is 8.01. The van der Waals surface area contributed by atoms with Crippen molar-refractivity contribution >= 4 is 0 Å². The van der Waals surface area contributed by atoms with Gasteiger partial charge in [-0.3, -0.25) is 4.79 Å². The van der Waals surface area contributed by atoms with Gasteiger partial charge in [-0.2, -0.15) is 0 Å². The van der Waals surface area contributed by atoms with E-state index in [1.54, 1.807) is 0 Å². The fourth-order valence-corrected chi connectivity index (χ4v) is 0.972. The molecule has 0 radical (unpaired) electrons. The van der Waals surface area contributed by atoms with Crippen molar-refractivity contribution < 1.29 is 0 Å². The van der Waals surface area contributed by atoms with Gasteiger partial charge in [0.25, 0.3) is 0 Å². The van der Waals surface area contributed by atoms with Crippen LogP contribution in [-0.4, -0.2) is 4.98 Å². The van der Waals surface area contributed by atoms with Gasteiger partial charge in [-0.25, -0.2) is 0 Å². The van der Waals surface area contributed by atoms with Crippen LogP contribution in [0.15, 0.2) is 16.9 Å². The first-order valence-corrected chi connectivity index (χ1v) is 3.56. The van der Waals surface area contributed by atoms with Crippen LogP contribution in [-0.2, 0) is 0 Å². The zero-order chi connectivity index (χ0) is 8.43. The van der Waals surface area contributed by atoms with Crippen LogP contribution < -0.4 is 11.3 Å². The van der Waals surface area contributed by atoms with Crippen LogP contribution in [0.5, 0.6) is 0 Å². The molecule has 3 nitrogen and oxygen atoms in total. The zero-order valence-electron chi connectivity index (χ0n) is 6.72. The molecule has 0 saturated heterocycles. The SMILES string of the molecule is Cc1cc(C(C)N)cc(=O)[nH]1. The Balaban J connectivity index is 3.19. The van der Waals surface area contributed by atoms with Gasteiger partial charge in [0.1, 0.15) is 0 Å². The fraction of sp³-hybridized carbons (Fsp3) is 0.375. The first-order chi connectivity index (χ1) is 5.09. The second-order valence-electron chi connectivity index (χ2n) is 2.75. The summed E-state index contributed by atoms with van der Waals surface area (Å²) in [7, 11) is 0. The van der Waals surface area contributed by atoms with E-state index in [2.05, 4.69) is 4.98 Å². The maximum atomic E-state index is 10.9. The highest BCUT2D eigenvalue weighted by atomic mass is 16.1. The molecule has 0 bridgehead atoms. The van der Waals surface area contributed by atoms with Crippen molar-refractivity contribution in [2.24, 2.45) is 5.73 Å². The van der Waals surface area contributed by atoms with Gasteiger partial charge < -0.3 is 10.7 Å². The lowest BCUT2D eigenvalue weighted by atomic mass is 10.1. The second kappa shape index (κ2) is 2.88. The highest BCUT2D eigenvalue weighted by Crippen LogP contribution is 2.06. The number of rotatable bonds is 1. The Morgan fingerprint density at radius 3 is 2.64 bits per heavy atom. The first-order valence-electron chi connectivity index (χ1n) is 3.56. The molecule has 1 unspecified atom stereocenters. The van der Waals surface area contributed by atoms with E-state index in [0.717, 1.165) is 11.3 Å². The summed E-state index contributed by atoms with van der Waals surface area (Å²) in [5.41, 5.74) is 7.25. The van der Waals surface area contributed by atoms with Gasteiger partial charge in [-0.05, 0) is 25.5 Å². The number of nitrogens with two attached hydrogens (primary N) is 1. The normalized spacial score (nSPS) is 13.0. The van der Waals surface area contributed by atoms with Gasteiger partial charge in [-0.1, -0.05) is 0 Å². The maximum Gasteiger partial charge on any atom is 0.248 e. The molecule has 1 aromatic heterocycles. The van der Waals surface area contributed by atoms with Gasteiger partial charge in [0.15, 0.2) is 0 Å². The number of hydrogen-bond donors (Lipinski definition) is 2. The third-order valence-electron chi connectivity index (χ3n) is 1.53. The molecule has 1 aromatic rings. The Labute approximate surface area is 65.2 Å². The Hall–Kier alpha value is -1.09. The van der Waals surface area contributed by atoms with E-state index >= 15 is 0 Å². The van der Waals surface area contributed by atoms with Crippen LogP contribution in [0.4, 0.5) is 0 Å². The summed E-state index contributed by atoms with van der Waals surface area (Å²) in [6, 6.07) is 3.33. The van der Waals surface area contributed by atoms with Crippen molar-refractivity contribution in [3.63, 3.8) is 0 Å². The second-order valence-corrected chi connectivity index (χ2v) is 2.75. The maximum absolute atomic E-state index is 10.9. The average molecular weight is 152 g/mol. The van der Waals surface area contributed by atoms with E-state index in [1.165, 1.54) is 6.07 Å². The molecule has 1 heterocycles. The van der Waals surface area contributed by atoms with Crippen LogP contribution >= 0.6 is 0 Å². The average Bonchev–Trinajstić information content (AvgIpc) is 1.85. The van der Waals surface area contributed by atoms with Crippen LogP contribution in [0.25, 0.3) is 0 Å². The van der Waals surface area contributed by atoms with E-state index in [1.807, 2.05) is 19.9 Å². The number of aromatic nitrogens is 1. The number of aryl methyl sites for hydroxylation is 1. The van der Waals surface area contributed by atoms with Crippen molar-refractivity contribution in [1.82, 2.24) is 4.98 Å². The fourth-order valence-electron chi connectivity index (χ4n) is 0.972. The number of H-pyrrole nitrogens is 1. The summed E-state index contributed by atoms with van der Waals surface area (Å²) >= 11 is 0. The van der Waals surface area contributed by atoms with Crippen molar-refractivity contribution in [3.8, 4) is 0 Å².